The van der Waals surface area contributed by atoms with Gasteiger partial charge in [-0.05, 0) is 37.1 Å². The van der Waals surface area contributed by atoms with Gasteiger partial charge in [0.15, 0.2) is 0 Å². The molecule has 14 heavy (non-hydrogen) atoms. The van der Waals surface area contributed by atoms with E-state index in [1.807, 2.05) is 31.2 Å². The minimum absolute atomic E-state index is 0.408. The van der Waals surface area contributed by atoms with Crippen LogP contribution in [0.5, 0.6) is 0 Å². The van der Waals surface area contributed by atoms with Gasteiger partial charge in [-0.2, -0.15) is 0 Å². The fraction of sp³-hybridized carbons (Fsp3) is 0.273. The van der Waals surface area contributed by atoms with Gasteiger partial charge in [-0.1, -0.05) is 33.6 Å². The van der Waals surface area contributed by atoms with Crippen LogP contribution in [0.15, 0.2) is 35.3 Å². The van der Waals surface area contributed by atoms with Gasteiger partial charge in [0.05, 0.1) is 0 Å². The van der Waals surface area contributed by atoms with Crippen LogP contribution >= 0.6 is 27.5 Å². The molecule has 0 spiro atoms. The summed E-state index contributed by atoms with van der Waals surface area (Å²) in [6.07, 6.45) is 2.54. The predicted molar refractivity (Wildman–Crippen MR) is 65.5 cm³/mol. The van der Waals surface area contributed by atoms with E-state index in [4.69, 9.17) is 17.3 Å². The molecule has 1 unspecified atom stereocenters. The number of halogens is 2. The lowest BCUT2D eigenvalue weighted by molar-refractivity contribution is 0.502. The van der Waals surface area contributed by atoms with E-state index in [1.165, 1.54) is 0 Å². The first-order valence-electron chi connectivity index (χ1n) is 4.32. The highest BCUT2D eigenvalue weighted by Crippen LogP contribution is 2.28. The molecule has 1 aromatic carbocycles. The van der Waals surface area contributed by atoms with Crippen molar-refractivity contribution in [3.8, 4) is 0 Å². The molecule has 0 aliphatic rings. The second kappa shape index (κ2) is 4.47. The third-order valence-electron chi connectivity index (χ3n) is 2.09. The lowest BCUT2D eigenvalue weighted by Crippen LogP contribution is -2.32. The van der Waals surface area contributed by atoms with Gasteiger partial charge >= 0.3 is 0 Å². The van der Waals surface area contributed by atoms with Crippen LogP contribution in [0.1, 0.15) is 18.9 Å². The van der Waals surface area contributed by atoms with Crippen molar-refractivity contribution in [1.82, 2.24) is 0 Å². The highest BCUT2D eigenvalue weighted by Gasteiger charge is 2.19. The molecule has 0 aromatic heterocycles. The van der Waals surface area contributed by atoms with Crippen LogP contribution in [0.3, 0.4) is 0 Å². The van der Waals surface area contributed by atoms with Crippen molar-refractivity contribution in [2.75, 3.05) is 0 Å². The molecule has 76 valence electrons. The molecule has 0 amide bonds. The molecule has 0 aliphatic heterocycles. The molecule has 3 heteroatoms. The van der Waals surface area contributed by atoms with Crippen LogP contribution in [-0.2, 0) is 5.54 Å². The SMILES string of the molecule is C=CCC(C)(N)c1cc(Cl)cc(Br)c1. The Morgan fingerprint density at radius 1 is 1.57 bits per heavy atom. The van der Waals surface area contributed by atoms with Crippen LogP contribution in [0.25, 0.3) is 0 Å². The van der Waals surface area contributed by atoms with Crippen LogP contribution in [0.4, 0.5) is 0 Å². The van der Waals surface area contributed by atoms with Gasteiger partial charge in [-0.25, -0.2) is 0 Å². The van der Waals surface area contributed by atoms with Gasteiger partial charge in [0.1, 0.15) is 0 Å². The summed E-state index contributed by atoms with van der Waals surface area (Å²) in [7, 11) is 0. The van der Waals surface area contributed by atoms with Crippen LogP contribution in [0.2, 0.25) is 5.02 Å². The molecule has 0 saturated heterocycles. The zero-order valence-electron chi connectivity index (χ0n) is 8.06. The molecule has 0 fully saturated rings. The van der Waals surface area contributed by atoms with E-state index < -0.39 is 5.54 Å². The summed E-state index contributed by atoms with van der Waals surface area (Å²) in [5.74, 6) is 0. The molecule has 1 nitrogen and oxygen atoms in total. The molecule has 1 atom stereocenters. The van der Waals surface area contributed by atoms with Gasteiger partial charge in [0.25, 0.3) is 0 Å². The van der Waals surface area contributed by atoms with Crippen LogP contribution in [0, 0.1) is 0 Å². The first kappa shape index (κ1) is 11.8. The van der Waals surface area contributed by atoms with E-state index in [0.717, 1.165) is 16.5 Å². The number of hydrogen-bond acceptors (Lipinski definition) is 1. The first-order valence-corrected chi connectivity index (χ1v) is 5.49. The number of rotatable bonds is 3. The number of hydrogen-bond donors (Lipinski definition) is 1. The van der Waals surface area contributed by atoms with Crippen molar-refractivity contribution in [3.63, 3.8) is 0 Å². The van der Waals surface area contributed by atoms with E-state index in [9.17, 15) is 0 Å². The first-order chi connectivity index (χ1) is 6.45. The quantitative estimate of drug-likeness (QED) is 0.833. The maximum Gasteiger partial charge on any atom is 0.0420 e. The summed E-state index contributed by atoms with van der Waals surface area (Å²) in [6.45, 7) is 5.66. The number of benzene rings is 1. The Bertz CT molecular complexity index is 327. The van der Waals surface area contributed by atoms with E-state index in [0.29, 0.717) is 5.02 Å². The molecule has 0 heterocycles. The van der Waals surface area contributed by atoms with Crippen molar-refractivity contribution in [1.29, 1.82) is 0 Å². The maximum absolute atomic E-state index is 6.14. The highest BCUT2D eigenvalue weighted by molar-refractivity contribution is 9.10. The largest absolute Gasteiger partial charge is 0.321 e. The Balaban J connectivity index is 3.11. The standard InChI is InChI=1S/C11H13BrClN/c1-3-4-11(2,14)8-5-9(12)7-10(13)6-8/h3,5-7H,1,4,14H2,2H3. The summed E-state index contributed by atoms with van der Waals surface area (Å²) < 4.78 is 0.945. The highest BCUT2D eigenvalue weighted by atomic mass is 79.9. The van der Waals surface area contributed by atoms with Crippen molar-refractivity contribution in [2.24, 2.45) is 5.73 Å². The van der Waals surface area contributed by atoms with Crippen LogP contribution < -0.4 is 5.73 Å². The van der Waals surface area contributed by atoms with Gasteiger partial charge in [-0.15, -0.1) is 6.58 Å². The van der Waals surface area contributed by atoms with Crippen LogP contribution in [-0.4, -0.2) is 0 Å². The zero-order valence-corrected chi connectivity index (χ0v) is 10.4. The monoisotopic (exact) mass is 273 g/mol. The Kier molecular flexibility index (Phi) is 3.76. The summed E-state index contributed by atoms with van der Waals surface area (Å²) in [5, 5.41) is 0.690. The van der Waals surface area contributed by atoms with E-state index in [-0.39, 0.29) is 0 Å². The fourth-order valence-electron chi connectivity index (χ4n) is 1.30. The maximum atomic E-state index is 6.14. The lowest BCUT2D eigenvalue weighted by atomic mass is 9.90. The Morgan fingerprint density at radius 3 is 2.71 bits per heavy atom. The molecular weight excluding hydrogens is 261 g/mol. The zero-order chi connectivity index (χ0) is 10.8. The average Bonchev–Trinajstić information content (AvgIpc) is 2.02. The number of nitrogens with two attached hydrogens (primary N) is 1. The second-order valence-electron chi connectivity index (χ2n) is 3.57. The van der Waals surface area contributed by atoms with Crippen molar-refractivity contribution in [3.05, 3.63) is 45.9 Å². The van der Waals surface area contributed by atoms with E-state index in [1.54, 1.807) is 0 Å². The average molecular weight is 275 g/mol. The Labute approximate surface area is 98.1 Å². The van der Waals surface area contributed by atoms with E-state index >= 15 is 0 Å². The molecular formula is C11H13BrClN. The van der Waals surface area contributed by atoms with Gasteiger partial charge in [-0.3, -0.25) is 0 Å². The summed E-state index contributed by atoms with van der Waals surface area (Å²) in [6, 6.07) is 5.71. The minimum atomic E-state index is -0.408. The summed E-state index contributed by atoms with van der Waals surface area (Å²) in [5.41, 5.74) is 6.74. The van der Waals surface area contributed by atoms with Crippen molar-refractivity contribution < 1.29 is 0 Å². The third kappa shape index (κ3) is 2.84. The Morgan fingerprint density at radius 2 is 2.21 bits per heavy atom. The second-order valence-corrected chi connectivity index (χ2v) is 4.92. The van der Waals surface area contributed by atoms with Crippen molar-refractivity contribution >= 4 is 27.5 Å². The normalized spacial score (nSPS) is 14.9. The van der Waals surface area contributed by atoms with Gasteiger partial charge < -0.3 is 5.73 Å². The molecule has 2 N–H and O–H groups in total. The minimum Gasteiger partial charge on any atom is -0.321 e. The van der Waals surface area contributed by atoms with Gasteiger partial charge in [0.2, 0.25) is 0 Å². The van der Waals surface area contributed by atoms with E-state index in [2.05, 4.69) is 22.5 Å². The third-order valence-corrected chi connectivity index (χ3v) is 2.77. The molecule has 0 bridgehead atoms. The smallest absolute Gasteiger partial charge is 0.0420 e. The molecule has 0 saturated carbocycles. The Hall–Kier alpha value is -0.310. The summed E-state index contributed by atoms with van der Waals surface area (Å²) >= 11 is 9.34. The molecule has 1 aromatic rings. The van der Waals surface area contributed by atoms with Crippen molar-refractivity contribution in [2.45, 2.75) is 18.9 Å². The molecule has 0 radical (unpaired) electrons. The predicted octanol–water partition coefficient (Wildman–Crippen LogP) is 3.85. The molecule has 0 aliphatic carbocycles. The summed E-state index contributed by atoms with van der Waals surface area (Å²) in [4.78, 5) is 0. The molecule has 1 rings (SSSR count). The van der Waals surface area contributed by atoms with Gasteiger partial charge in [0, 0.05) is 15.0 Å². The fourth-order valence-corrected chi connectivity index (χ4v) is 2.16. The topological polar surface area (TPSA) is 26.0 Å². The lowest BCUT2D eigenvalue weighted by Gasteiger charge is -2.24.